The molecule has 6 heteroatoms. The third-order valence-electron chi connectivity index (χ3n) is 6.19. The number of fused-ring (bicyclic) bond motifs is 2. The quantitative estimate of drug-likeness (QED) is 0.377. The van der Waals surface area contributed by atoms with Gasteiger partial charge in [0.25, 0.3) is 11.6 Å². The summed E-state index contributed by atoms with van der Waals surface area (Å²) in [6.07, 6.45) is 4.55. The normalized spacial score (nSPS) is 15.3. The standard InChI is InChI=1S/C27H21N3O3/c31-26(28-21-13-6-11-17-8-4-5-12-19(17)21)20-16-22(23-14-7-15-32-23)29-27-24(20)25(30-33-27)18-9-2-1-3-10-18/h1-5,7-10,12,14-16,21H,6,11,13H2,(H,28,31)/t21-/m0/s1. The van der Waals surface area contributed by atoms with Crippen molar-refractivity contribution in [2.24, 2.45) is 0 Å². The number of aryl methyl sites for hydroxylation is 1. The van der Waals surface area contributed by atoms with Crippen molar-refractivity contribution in [1.29, 1.82) is 0 Å². The summed E-state index contributed by atoms with van der Waals surface area (Å²) in [6, 6.07) is 23.3. The summed E-state index contributed by atoms with van der Waals surface area (Å²) in [4.78, 5) is 18.3. The monoisotopic (exact) mass is 435 g/mol. The number of carbonyl (C=O) groups is 1. The summed E-state index contributed by atoms with van der Waals surface area (Å²) in [6.45, 7) is 0. The van der Waals surface area contributed by atoms with Gasteiger partial charge in [-0.15, -0.1) is 0 Å². The zero-order valence-electron chi connectivity index (χ0n) is 17.8. The summed E-state index contributed by atoms with van der Waals surface area (Å²) in [5, 5.41) is 8.12. The molecular formula is C27H21N3O3. The van der Waals surface area contributed by atoms with E-state index in [2.05, 4.69) is 27.6 Å². The highest BCUT2D eigenvalue weighted by atomic mass is 16.5. The Morgan fingerprint density at radius 1 is 1.00 bits per heavy atom. The molecule has 6 rings (SSSR count). The van der Waals surface area contributed by atoms with Crippen molar-refractivity contribution in [3.8, 4) is 22.7 Å². The average Bonchev–Trinajstić information content (AvgIpc) is 3.55. The third kappa shape index (κ3) is 3.49. The molecular weight excluding hydrogens is 414 g/mol. The Labute approximate surface area is 190 Å². The van der Waals surface area contributed by atoms with E-state index in [4.69, 9.17) is 8.94 Å². The van der Waals surface area contributed by atoms with Crippen molar-refractivity contribution in [2.45, 2.75) is 25.3 Å². The molecule has 0 unspecified atom stereocenters. The highest BCUT2D eigenvalue weighted by Crippen LogP contribution is 2.34. The number of pyridine rings is 1. The van der Waals surface area contributed by atoms with Crippen LogP contribution in [0.4, 0.5) is 0 Å². The van der Waals surface area contributed by atoms with Crippen molar-refractivity contribution in [3.05, 3.63) is 95.7 Å². The Balaban J connectivity index is 1.47. The molecule has 1 atom stereocenters. The number of furan rings is 1. The van der Waals surface area contributed by atoms with Crippen LogP contribution in [0.3, 0.4) is 0 Å². The molecule has 5 aromatic rings. The molecule has 1 amide bonds. The largest absolute Gasteiger partial charge is 0.463 e. The summed E-state index contributed by atoms with van der Waals surface area (Å²) >= 11 is 0. The molecule has 0 saturated carbocycles. The molecule has 3 aromatic heterocycles. The molecule has 0 aliphatic heterocycles. The highest BCUT2D eigenvalue weighted by molar-refractivity contribution is 6.10. The van der Waals surface area contributed by atoms with Gasteiger partial charge in [0.2, 0.25) is 0 Å². The Morgan fingerprint density at radius 3 is 2.70 bits per heavy atom. The fourth-order valence-electron chi connectivity index (χ4n) is 4.61. The van der Waals surface area contributed by atoms with Crippen LogP contribution >= 0.6 is 0 Å². The second-order valence-corrected chi connectivity index (χ2v) is 8.23. The number of carbonyl (C=O) groups excluding carboxylic acids is 1. The van der Waals surface area contributed by atoms with E-state index < -0.39 is 0 Å². The van der Waals surface area contributed by atoms with Gasteiger partial charge in [0.1, 0.15) is 11.4 Å². The van der Waals surface area contributed by atoms with Gasteiger partial charge in [-0.05, 0) is 48.6 Å². The van der Waals surface area contributed by atoms with Crippen molar-refractivity contribution in [1.82, 2.24) is 15.5 Å². The molecule has 0 radical (unpaired) electrons. The fraction of sp³-hybridized carbons (Fsp3) is 0.148. The molecule has 1 aliphatic carbocycles. The van der Waals surface area contributed by atoms with Gasteiger partial charge in [-0.3, -0.25) is 4.79 Å². The second kappa shape index (κ2) is 8.06. The molecule has 0 fully saturated rings. The second-order valence-electron chi connectivity index (χ2n) is 8.23. The maximum Gasteiger partial charge on any atom is 0.259 e. The van der Waals surface area contributed by atoms with Crippen LogP contribution in [0.25, 0.3) is 33.8 Å². The first-order valence-electron chi connectivity index (χ1n) is 11.1. The molecule has 1 N–H and O–H groups in total. The summed E-state index contributed by atoms with van der Waals surface area (Å²) in [5.41, 5.74) is 5.23. The minimum atomic E-state index is -0.183. The minimum Gasteiger partial charge on any atom is -0.463 e. The average molecular weight is 435 g/mol. The number of amides is 1. The smallest absolute Gasteiger partial charge is 0.259 e. The van der Waals surface area contributed by atoms with Crippen LogP contribution in [0.15, 0.2) is 88.0 Å². The van der Waals surface area contributed by atoms with E-state index >= 15 is 0 Å². The summed E-state index contributed by atoms with van der Waals surface area (Å²) in [5.74, 6) is 0.379. The first-order valence-corrected chi connectivity index (χ1v) is 11.1. The van der Waals surface area contributed by atoms with Gasteiger partial charge in [-0.2, -0.15) is 0 Å². The van der Waals surface area contributed by atoms with Crippen molar-refractivity contribution < 1.29 is 13.7 Å². The minimum absolute atomic E-state index is 0.0437. The zero-order valence-corrected chi connectivity index (χ0v) is 17.8. The van der Waals surface area contributed by atoms with Gasteiger partial charge < -0.3 is 14.3 Å². The number of rotatable bonds is 4. The van der Waals surface area contributed by atoms with E-state index in [9.17, 15) is 4.79 Å². The first kappa shape index (κ1) is 19.5. The Bertz CT molecular complexity index is 1440. The number of aromatic nitrogens is 2. The van der Waals surface area contributed by atoms with Gasteiger partial charge >= 0.3 is 0 Å². The molecule has 162 valence electrons. The lowest BCUT2D eigenvalue weighted by molar-refractivity contribution is 0.0934. The zero-order chi connectivity index (χ0) is 22.2. The van der Waals surface area contributed by atoms with Crippen molar-refractivity contribution in [3.63, 3.8) is 0 Å². The van der Waals surface area contributed by atoms with E-state index in [-0.39, 0.29) is 11.9 Å². The lowest BCUT2D eigenvalue weighted by Crippen LogP contribution is -2.31. The summed E-state index contributed by atoms with van der Waals surface area (Å²) < 4.78 is 11.1. The predicted molar refractivity (Wildman–Crippen MR) is 125 cm³/mol. The number of hydrogen-bond acceptors (Lipinski definition) is 5. The van der Waals surface area contributed by atoms with Crippen LogP contribution in [0.5, 0.6) is 0 Å². The van der Waals surface area contributed by atoms with Crippen LogP contribution in [0, 0.1) is 0 Å². The van der Waals surface area contributed by atoms with Gasteiger partial charge in [0, 0.05) is 5.56 Å². The SMILES string of the molecule is O=C(N[C@H]1CCCc2ccccc21)c1cc(-c2ccco2)nc2onc(-c3ccccc3)c12. The molecule has 3 heterocycles. The topological polar surface area (TPSA) is 81.2 Å². The van der Waals surface area contributed by atoms with Gasteiger partial charge in [0.05, 0.1) is 23.3 Å². The van der Waals surface area contributed by atoms with Crippen LogP contribution in [-0.2, 0) is 6.42 Å². The molecule has 33 heavy (non-hydrogen) atoms. The van der Waals surface area contributed by atoms with Gasteiger partial charge in [0.15, 0.2) is 5.76 Å². The summed E-state index contributed by atoms with van der Waals surface area (Å²) in [7, 11) is 0. The van der Waals surface area contributed by atoms with Crippen LogP contribution < -0.4 is 5.32 Å². The van der Waals surface area contributed by atoms with E-state index in [0.29, 0.717) is 33.8 Å². The molecule has 6 nitrogen and oxygen atoms in total. The van der Waals surface area contributed by atoms with E-state index in [1.54, 1.807) is 18.4 Å². The van der Waals surface area contributed by atoms with E-state index in [1.807, 2.05) is 48.5 Å². The Hall–Kier alpha value is -4.19. The maximum absolute atomic E-state index is 13.7. The molecule has 0 saturated heterocycles. The van der Waals surface area contributed by atoms with Gasteiger partial charge in [-0.1, -0.05) is 59.8 Å². The number of hydrogen-bond donors (Lipinski definition) is 1. The molecule has 1 aliphatic rings. The molecule has 0 spiro atoms. The van der Waals surface area contributed by atoms with Crippen molar-refractivity contribution in [2.75, 3.05) is 0 Å². The number of nitrogens with one attached hydrogen (secondary N) is 1. The third-order valence-corrected chi connectivity index (χ3v) is 6.19. The van der Waals surface area contributed by atoms with Crippen LogP contribution in [-0.4, -0.2) is 16.0 Å². The number of nitrogens with zero attached hydrogens (tertiary/aromatic N) is 2. The van der Waals surface area contributed by atoms with E-state index in [1.165, 1.54) is 11.1 Å². The highest BCUT2D eigenvalue weighted by Gasteiger charge is 2.26. The van der Waals surface area contributed by atoms with Crippen LogP contribution in [0.1, 0.15) is 40.4 Å². The lowest BCUT2D eigenvalue weighted by atomic mass is 9.87. The van der Waals surface area contributed by atoms with Crippen LogP contribution in [0.2, 0.25) is 0 Å². The molecule has 2 aromatic carbocycles. The van der Waals surface area contributed by atoms with E-state index in [0.717, 1.165) is 24.8 Å². The lowest BCUT2D eigenvalue weighted by Gasteiger charge is -2.26. The molecule has 0 bridgehead atoms. The maximum atomic E-state index is 13.7. The fourth-order valence-corrected chi connectivity index (χ4v) is 4.61. The Morgan fingerprint density at radius 2 is 1.85 bits per heavy atom. The first-order chi connectivity index (χ1) is 16.3. The van der Waals surface area contributed by atoms with Gasteiger partial charge in [-0.25, -0.2) is 4.98 Å². The number of benzene rings is 2. The predicted octanol–water partition coefficient (Wildman–Crippen LogP) is 5.96. The van der Waals surface area contributed by atoms with Crippen molar-refractivity contribution >= 4 is 17.0 Å². The Kier molecular flexibility index (Phi) is 4.76.